The molecule has 0 atom stereocenters. The van der Waals surface area contributed by atoms with E-state index in [4.69, 9.17) is 23.2 Å². The van der Waals surface area contributed by atoms with Crippen LogP contribution in [0.5, 0.6) is 0 Å². The fourth-order valence-electron chi connectivity index (χ4n) is 2.76. The molecule has 0 aliphatic carbocycles. The third-order valence-electron chi connectivity index (χ3n) is 4.12. The fourth-order valence-corrected chi connectivity index (χ4v) is 4.01. The zero-order chi connectivity index (χ0) is 19.5. The van der Waals surface area contributed by atoms with Crippen molar-refractivity contribution in [3.05, 3.63) is 94.2 Å². The van der Waals surface area contributed by atoms with E-state index in [9.17, 15) is 4.39 Å². The first kappa shape index (κ1) is 19.0. The molecule has 1 aromatic heterocycles. The maximum atomic E-state index is 14.6. The zero-order valence-corrected chi connectivity index (χ0v) is 16.8. The van der Waals surface area contributed by atoms with Crippen molar-refractivity contribution in [2.75, 3.05) is 0 Å². The van der Waals surface area contributed by atoms with Crippen LogP contribution in [-0.2, 0) is 5.75 Å². The molecule has 0 aliphatic heterocycles. The minimum atomic E-state index is -0.357. The lowest BCUT2D eigenvalue weighted by Crippen LogP contribution is -2.02. The molecule has 0 aliphatic rings. The second-order valence-electron chi connectivity index (χ2n) is 5.99. The smallest absolute Gasteiger partial charge is 0.196 e. The van der Waals surface area contributed by atoms with E-state index in [-0.39, 0.29) is 5.82 Å². The van der Waals surface area contributed by atoms with Gasteiger partial charge in [-0.05, 0) is 42.0 Å². The van der Waals surface area contributed by atoms with E-state index in [0.717, 1.165) is 5.56 Å². The number of rotatable bonds is 5. The monoisotopic (exact) mass is 429 g/mol. The van der Waals surface area contributed by atoms with E-state index in [1.165, 1.54) is 17.8 Å². The van der Waals surface area contributed by atoms with E-state index in [2.05, 4.69) is 10.2 Å². The molecule has 0 amide bonds. The van der Waals surface area contributed by atoms with E-state index < -0.39 is 0 Å². The van der Waals surface area contributed by atoms with Gasteiger partial charge in [0.25, 0.3) is 0 Å². The molecule has 0 spiro atoms. The van der Waals surface area contributed by atoms with E-state index in [1.807, 2.05) is 42.5 Å². The number of halogens is 3. The molecule has 0 N–H and O–H groups in total. The first-order chi connectivity index (χ1) is 13.6. The van der Waals surface area contributed by atoms with E-state index in [1.54, 1.807) is 28.8 Å². The van der Waals surface area contributed by atoms with Crippen LogP contribution in [-0.4, -0.2) is 14.8 Å². The van der Waals surface area contributed by atoms with Crippen LogP contribution in [0.15, 0.2) is 78.0 Å². The van der Waals surface area contributed by atoms with Crippen molar-refractivity contribution in [3.8, 4) is 17.1 Å². The largest absolute Gasteiger partial charge is 0.267 e. The Morgan fingerprint density at radius 2 is 1.57 bits per heavy atom. The minimum Gasteiger partial charge on any atom is -0.267 e. The Labute approximate surface area is 176 Å². The normalized spacial score (nSPS) is 11.0. The summed E-state index contributed by atoms with van der Waals surface area (Å²) in [6, 6.07) is 21.5. The molecule has 0 saturated carbocycles. The van der Waals surface area contributed by atoms with Crippen LogP contribution < -0.4 is 0 Å². The van der Waals surface area contributed by atoms with E-state index in [0.29, 0.717) is 38.0 Å². The van der Waals surface area contributed by atoms with Gasteiger partial charge in [-0.2, -0.15) is 0 Å². The van der Waals surface area contributed by atoms with Crippen LogP contribution in [0.4, 0.5) is 4.39 Å². The Balaban J connectivity index is 1.77. The molecule has 4 aromatic rings. The molecular formula is C21H14Cl2FN3S. The van der Waals surface area contributed by atoms with Gasteiger partial charge in [-0.3, -0.25) is 4.57 Å². The molecule has 1 heterocycles. The van der Waals surface area contributed by atoms with Crippen LogP contribution in [0.3, 0.4) is 0 Å². The fraction of sp³-hybridized carbons (Fsp3) is 0.0476. The number of nitrogens with zero attached hydrogens (tertiary/aromatic N) is 3. The van der Waals surface area contributed by atoms with Gasteiger partial charge in [-0.1, -0.05) is 71.4 Å². The Morgan fingerprint density at radius 1 is 0.857 bits per heavy atom. The van der Waals surface area contributed by atoms with E-state index >= 15 is 0 Å². The molecule has 3 aromatic carbocycles. The number of benzene rings is 3. The lowest BCUT2D eigenvalue weighted by atomic mass is 10.2. The molecule has 7 heteroatoms. The molecule has 140 valence electrons. The molecule has 0 fully saturated rings. The Kier molecular flexibility index (Phi) is 5.67. The van der Waals surface area contributed by atoms with Gasteiger partial charge in [0.05, 0.1) is 10.7 Å². The summed E-state index contributed by atoms with van der Waals surface area (Å²) in [6.07, 6.45) is 0. The summed E-state index contributed by atoms with van der Waals surface area (Å²) < 4.78 is 16.3. The van der Waals surface area contributed by atoms with Crippen LogP contribution in [0.25, 0.3) is 17.1 Å². The Morgan fingerprint density at radius 3 is 2.32 bits per heavy atom. The first-order valence-corrected chi connectivity index (χ1v) is 10.2. The highest BCUT2D eigenvalue weighted by Crippen LogP contribution is 2.33. The average molecular weight is 430 g/mol. The van der Waals surface area contributed by atoms with Gasteiger partial charge in [0, 0.05) is 16.3 Å². The number of para-hydroxylation sites is 1. The van der Waals surface area contributed by atoms with Crippen molar-refractivity contribution >= 4 is 35.0 Å². The number of aromatic nitrogens is 3. The van der Waals surface area contributed by atoms with Crippen LogP contribution in [0, 0.1) is 5.82 Å². The summed E-state index contributed by atoms with van der Waals surface area (Å²) >= 11 is 13.8. The summed E-state index contributed by atoms with van der Waals surface area (Å²) in [5.41, 5.74) is 2.15. The average Bonchev–Trinajstić information content (AvgIpc) is 3.12. The first-order valence-electron chi connectivity index (χ1n) is 8.46. The Hall–Kier alpha value is -2.34. The van der Waals surface area contributed by atoms with Gasteiger partial charge in [-0.25, -0.2) is 4.39 Å². The molecule has 0 radical (unpaired) electrons. The summed E-state index contributed by atoms with van der Waals surface area (Å²) in [4.78, 5) is 0. The highest BCUT2D eigenvalue weighted by Gasteiger charge is 2.20. The van der Waals surface area contributed by atoms with Crippen molar-refractivity contribution in [1.82, 2.24) is 14.8 Å². The van der Waals surface area contributed by atoms with Gasteiger partial charge < -0.3 is 0 Å². The maximum absolute atomic E-state index is 14.6. The van der Waals surface area contributed by atoms with Crippen molar-refractivity contribution in [2.24, 2.45) is 0 Å². The second-order valence-corrected chi connectivity index (χ2v) is 7.77. The lowest BCUT2D eigenvalue weighted by Gasteiger charge is -2.12. The molecule has 4 rings (SSSR count). The van der Waals surface area contributed by atoms with Gasteiger partial charge in [0.15, 0.2) is 11.0 Å². The molecule has 28 heavy (non-hydrogen) atoms. The van der Waals surface area contributed by atoms with Gasteiger partial charge >= 0.3 is 0 Å². The quantitative estimate of drug-likeness (QED) is 0.331. The highest BCUT2D eigenvalue weighted by molar-refractivity contribution is 7.98. The predicted molar refractivity (Wildman–Crippen MR) is 113 cm³/mol. The summed E-state index contributed by atoms with van der Waals surface area (Å²) in [7, 11) is 0. The van der Waals surface area contributed by atoms with Crippen LogP contribution >= 0.6 is 35.0 Å². The molecule has 0 saturated heterocycles. The third-order valence-corrected chi connectivity index (χ3v) is 5.70. The molecule has 0 bridgehead atoms. The maximum Gasteiger partial charge on any atom is 0.196 e. The van der Waals surface area contributed by atoms with Crippen molar-refractivity contribution in [3.63, 3.8) is 0 Å². The molecular weight excluding hydrogens is 416 g/mol. The number of hydrogen-bond acceptors (Lipinski definition) is 3. The van der Waals surface area contributed by atoms with Crippen LogP contribution in [0.1, 0.15) is 5.56 Å². The second kappa shape index (κ2) is 8.35. The highest BCUT2D eigenvalue weighted by atomic mass is 35.5. The van der Waals surface area contributed by atoms with Gasteiger partial charge in [0.2, 0.25) is 0 Å². The Bertz CT molecular complexity index is 1110. The van der Waals surface area contributed by atoms with Crippen molar-refractivity contribution in [1.29, 1.82) is 0 Å². The molecule has 0 unspecified atom stereocenters. The third kappa shape index (κ3) is 3.92. The summed E-state index contributed by atoms with van der Waals surface area (Å²) in [5, 5.41) is 10.4. The summed E-state index contributed by atoms with van der Waals surface area (Å²) in [6.45, 7) is 0. The van der Waals surface area contributed by atoms with Crippen molar-refractivity contribution in [2.45, 2.75) is 10.9 Å². The number of hydrogen-bond donors (Lipinski definition) is 0. The topological polar surface area (TPSA) is 30.7 Å². The lowest BCUT2D eigenvalue weighted by molar-refractivity contribution is 0.613. The molecule has 3 nitrogen and oxygen atoms in total. The number of thioether (sulfide) groups is 1. The predicted octanol–water partition coefficient (Wildman–Crippen LogP) is 6.67. The standard InChI is InChI=1S/C21H14Cl2FN3S/c22-15-11-9-14(10-12-15)13-28-21-26-25-20(16-5-1-2-6-17(16)23)27(21)19-8-4-3-7-18(19)24/h1-12H,13H2. The van der Waals surface area contributed by atoms with Gasteiger partial charge in [0.1, 0.15) is 5.82 Å². The minimum absolute atomic E-state index is 0.357. The van der Waals surface area contributed by atoms with Crippen molar-refractivity contribution < 1.29 is 4.39 Å². The zero-order valence-electron chi connectivity index (χ0n) is 14.5. The SMILES string of the molecule is Fc1ccccc1-n1c(SCc2ccc(Cl)cc2)nnc1-c1ccccc1Cl. The van der Waals surface area contributed by atoms with Gasteiger partial charge in [-0.15, -0.1) is 10.2 Å². The summed E-state index contributed by atoms with van der Waals surface area (Å²) in [5.74, 6) is 0.782. The van der Waals surface area contributed by atoms with Crippen LogP contribution in [0.2, 0.25) is 10.0 Å².